The van der Waals surface area contributed by atoms with Crippen molar-refractivity contribution in [1.82, 2.24) is 0 Å². The summed E-state index contributed by atoms with van der Waals surface area (Å²) in [5.41, 5.74) is 2.89. The Kier molecular flexibility index (Phi) is 4.02. The van der Waals surface area contributed by atoms with E-state index in [1.807, 2.05) is 36.4 Å². The zero-order valence-corrected chi connectivity index (χ0v) is 13.7. The highest BCUT2D eigenvalue weighted by Crippen LogP contribution is 2.43. The Hall–Kier alpha value is -1.71. The van der Waals surface area contributed by atoms with Crippen molar-refractivity contribution in [2.75, 3.05) is 20.8 Å². The molecule has 0 unspecified atom stereocenters. The molecule has 3 rings (SSSR count). The van der Waals surface area contributed by atoms with Crippen LogP contribution in [0.15, 0.2) is 36.4 Å². The molecule has 0 aromatic heterocycles. The van der Waals surface area contributed by atoms with Crippen LogP contribution in [0.2, 0.25) is 5.02 Å². The van der Waals surface area contributed by atoms with E-state index in [1.54, 1.807) is 14.2 Å². The Bertz CT molecular complexity index is 681. The summed E-state index contributed by atoms with van der Waals surface area (Å²) in [7, 11) is 3.30. The zero-order chi connectivity index (χ0) is 15.7. The van der Waals surface area contributed by atoms with Crippen molar-refractivity contribution in [3.05, 3.63) is 58.1 Å². The molecular weight excluding hydrogens is 300 g/mol. The lowest BCUT2D eigenvalue weighted by Gasteiger charge is -2.37. The average Bonchev–Trinajstić information content (AvgIpc) is 2.54. The van der Waals surface area contributed by atoms with Gasteiger partial charge in [-0.1, -0.05) is 23.7 Å². The van der Waals surface area contributed by atoms with Crippen LogP contribution in [-0.2, 0) is 16.8 Å². The van der Waals surface area contributed by atoms with E-state index in [0.29, 0.717) is 12.4 Å². The maximum absolute atomic E-state index is 6.15. The van der Waals surface area contributed by atoms with Gasteiger partial charge in [-0.05, 0) is 54.3 Å². The Labute approximate surface area is 135 Å². The fraction of sp³-hybridized carbons (Fsp3) is 0.333. The molecule has 0 saturated carbocycles. The first-order chi connectivity index (χ1) is 10.6. The second-order valence-electron chi connectivity index (χ2n) is 5.50. The normalized spacial score (nSPS) is 20.4. The fourth-order valence-electron chi connectivity index (χ4n) is 3.02. The van der Waals surface area contributed by atoms with Gasteiger partial charge in [-0.2, -0.15) is 0 Å². The molecule has 0 saturated heterocycles. The Balaban J connectivity index is 2.15. The standard InChI is InChI=1S/C18H19ClO3/c1-18(13-4-6-14(19)7-5-13)15-11-17(21-3)16(20-2)10-12(15)8-9-22-18/h4-7,10-11H,8-9H2,1-3H3/t18-/m0/s1. The van der Waals surface area contributed by atoms with Crippen LogP contribution in [0.3, 0.4) is 0 Å². The molecule has 0 radical (unpaired) electrons. The van der Waals surface area contributed by atoms with E-state index in [2.05, 4.69) is 6.92 Å². The summed E-state index contributed by atoms with van der Waals surface area (Å²) in [5.74, 6) is 1.47. The quantitative estimate of drug-likeness (QED) is 0.849. The molecule has 1 aliphatic rings. The second-order valence-corrected chi connectivity index (χ2v) is 5.94. The van der Waals surface area contributed by atoms with Gasteiger partial charge in [-0.25, -0.2) is 0 Å². The topological polar surface area (TPSA) is 27.7 Å². The molecule has 0 aliphatic carbocycles. The van der Waals surface area contributed by atoms with Gasteiger partial charge in [0, 0.05) is 5.02 Å². The monoisotopic (exact) mass is 318 g/mol. The van der Waals surface area contributed by atoms with Gasteiger partial charge in [0.15, 0.2) is 11.5 Å². The first kappa shape index (κ1) is 15.2. The van der Waals surface area contributed by atoms with Gasteiger partial charge in [0.2, 0.25) is 0 Å². The van der Waals surface area contributed by atoms with Crippen molar-refractivity contribution in [3.63, 3.8) is 0 Å². The molecule has 3 nitrogen and oxygen atoms in total. The second kappa shape index (κ2) is 5.82. The highest BCUT2D eigenvalue weighted by molar-refractivity contribution is 6.30. The molecule has 116 valence electrons. The third-order valence-corrected chi connectivity index (χ3v) is 4.53. The third kappa shape index (κ3) is 2.44. The number of halogens is 1. The SMILES string of the molecule is COc1cc2c(cc1OC)[C@](C)(c1ccc(Cl)cc1)OCC2. The highest BCUT2D eigenvalue weighted by Gasteiger charge is 2.36. The number of ether oxygens (including phenoxy) is 3. The number of hydrogen-bond donors (Lipinski definition) is 0. The van der Waals surface area contributed by atoms with E-state index < -0.39 is 5.60 Å². The van der Waals surface area contributed by atoms with Crippen LogP contribution in [0, 0.1) is 0 Å². The molecule has 1 aliphatic heterocycles. The number of rotatable bonds is 3. The highest BCUT2D eigenvalue weighted by atomic mass is 35.5. The molecule has 4 heteroatoms. The number of fused-ring (bicyclic) bond motifs is 1. The fourth-order valence-corrected chi connectivity index (χ4v) is 3.15. The molecule has 1 heterocycles. The van der Waals surface area contributed by atoms with E-state index in [0.717, 1.165) is 28.3 Å². The minimum Gasteiger partial charge on any atom is -0.493 e. The van der Waals surface area contributed by atoms with Crippen LogP contribution in [0.5, 0.6) is 11.5 Å². The van der Waals surface area contributed by atoms with E-state index in [9.17, 15) is 0 Å². The van der Waals surface area contributed by atoms with Crippen molar-refractivity contribution >= 4 is 11.6 Å². The molecule has 22 heavy (non-hydrogen) atoms. The van der Waals surface area contributed by atoms with Gasteiger partial charge in [0.1, 0.15) is 5.60 Å². The molecule has 0 bridgehead atoms. The minimum absolute atomic E-state index is 0.516. The number of methoxy groups -OCH3 is 2. The summed E-state index contributed by atoms with van der Waals surface area (Å²) in [6.45, 7) is 2.75. The largest absolute Gasteiger partial charge is 0.493 e. The zero-order valence-electron chi connectivity index (χ0n) is 13.0. The first-order valence-corrected chi connectivity index (χ1v) is 7.61. The third-order valence-electron chi connectivity index (χ3n) is 4.28. The smallest absolute Gasteiger partial charge is 0.161 e. The molecule has 0 amide bonds. The predicted molar refractivity (Wildman–Crippen MR) is 87.1 cm³/mol. The van der Waals surface area contributed by atoms with Crippen molar-refractivity contribution < 1.29 is 14.2 Å². The van der Waals surface area contributed by atoms with Gasteiger partial charge in [0.25, 0.3) is 0 Å². The molecule has 2 aromatic rings. The Morgan fingerprint density at radius 2 is 1.68 bits per heavy atom. The summed E-state index contributed by atoms with van der Waals surface area (Å²) in [6, 6.07) is 11.9. The predicted octanol–water partition coefficient (Wildman–Crippen LogP) is 4.19. The van der Waals surface area contributed by atoms with E-state index in [-0.39, 0.29) is 0 Å². The molecule has 2 aromatic carbocycles. The minimum atomic E-state index is -0.516. The lowest BCUT2D eigenvalue weighted by Crippen LogP contribution is -2.33. The van der Waals surface area contributed by atoms with Crippen LogP contribution in [-0.4, -0.2) is 20.8 Å². The molecule has 0 fully saturated rings. The molecule has 0 N–H and O–H groups in total. The summed E-state index contributed by atoms with van der Waals surface area (Å²) < 4.78 is 17.0. The van der Waals surface area contributed by atoms with Crippen LogP contribution in [0.1, 0.15) is 23.6 Å². The van der Waals surface area contributed by atoms with E-state index >= 15 is 0 Å². The van der Waals surface area contributed by atoms with E-state index in [1.165, 1.54) is 5.56 Å². The van der Waals surface area contributed by atoms with Gasteiger partial charge >= 0.3 is 0 Å². The summed E-state index contributed by atoms with van der Waals surface area (Å²) in [4.78, 5) is 0. The maximum atomic E-state index is 6.15. The van der Waals surface area contributed by atoms with Gasteiger partial charge in [-0.3, -0.25) is 0 Å². The van der Waals surface area contributed by atoms with Crippen molar-refractivity contribution in [2.45, 2.75) is 18.9 Å². The molecular formula is C18H19ClO3. The lowest BCUT2D eigenvalue weighted by atomic mass is 9.82. The first-order valence-electron chi connectivity index (χ1n) is 7.24. The van der Waals surface area contributed by atoms with Crippen LogP contribution in [0.25, 0.3) is 0 Å². The summed E-state index contributed by atoms with van der Waals surface area (Å²) in [6.07, 6.45) is 0.860. The van der Waals surface area contributed by atoms with Crippen molar-refractivity contribution in [2.24, 2.45) is 0 Å². The Morgan fingerprint density at radius 1 is 1.05 bits per heavy atom. The van der Waals surface area contributed by atoms with Crippen LogP contribution >= 0.6 is 11.6 Å². The number of benzene rings is 2. The van der Waals surface area contributed by atoms with Crippen molar-refractivity contribution in [3.8, 4) is 11.5 Å². The average molecular weight is 319 g/mol. The van der Waals surface area contributed by atoms with Crippen LogP contribution < -0.4 is 9.47 Å². The van der Waals surface area contributed by atoms with Gasteiger partial charge in [-0.15, -0.1) is 0 Å². The Morgan fingerprint density at radius 3 is 2.32 bits per heavy atom. The number of hydrogen-bond acceptors (Lipinski definition) is 3. The summed E-state index contributed by atoms with van der Waals surface area (Å²) in [5, 5.41) is 0.718. The van der Waals surface area contributed by atoms with Gasteiger partial charge < -0.3 is 14.2 Å². The molecule has 1 atom stereocenters. The summed E-state index contributed by atoms with van der Waals surface area (Å²) >= 11 is 6.01. The van der Waals surface area contributed by atoms with Crippen molar-refractivity contribution in [1.29, 1.82) is 0 Å². The molecule has 0 spiro atoms. The lowest BCUT2D eigenvalue weighted by molar-refractivity contribution is -0.0143. The van der Waals surface area contributed by atoms with Crippen LogP contribution in [0.4, 0.5) is 0 Å². The van der Waals surface area contributed by atoms with E-state index in [4.69, 9.17) is 25.8 Å². The van der Waals surface area contributed by atoms with Gasteiger partial charge in [0.05, 0.1) is 20.8 Å². The maximum Gasteiger partial charge on any atom is 0.161 e.